The zero-order chi connectivity index (χ0) is 10.5. The van der Waals surface area contributed by atoms with Gasteiger partial charge in [-0.05, 0) is 35.2 Å². The van der Waals surface area contributed by atoms with Crippen LogP contribution in [-0.4, -0.2) is 29.3 Å². The van der Waals surface area contributed by atoms with Gasteiger partial charge in [-0.3, -0.25) is 0 Å². The molecule has 0 N–H and O–H groups in total. The Bertz CT molecular complexity index is 316. The Kier molecular flexibility index (Phi) is 3.91. The molecular weight excluding hydrogens is 260 g/mol. The van der Waals surface area contributed by atoms with Gasteiger partial charge in [-0.25, -0.2) is 9.97 Å². The molecule has 0 bridgehead atoms. The van der Waals surface area contributed by atoms with Gasteiger partial charge in [-0.15, -0.1) is 0 Å². The summed E-state index contributed by atoms with van der Waals surface area (Å²) in [5, 5.41) is 0. The van der Waals surface area contributed by atoms with E-state index in [0.29, 0.717) is 12.5 Å². The molecule has 82 valence electrons. The van der Waals surface area contributed by atoms with Crippen LogP contribution in [0.15, 0.2) is 17.0 Å². The molecule has 1 fully saturated rings. The van der Waals surface area contributed by atoms with Gasteiger partial charge in [0.1, 0.15) is 12.9 Å². The summed E-state index contributed by atoms with van der Waals surface area (Å²) in [5.41, 5.74) is 0. The highest BCUT2D eigenvalue weighted by Gasteiger charge is 2.15. The number of hydrogen-bond donors (Lipinski definition) is 0. The van der Waals surface area contributed by atoms with Gasteiger partial charge in [0.25, 0.3) is 0 Å². The van der Waals surface area contributed by atoms with Crippen LogP contribution in [0, 0.1) is 0 Å². The molecule has 2 heterocycles. The van der Waals surface area contributed by atoms with Crippen LogP contribution < -0.4 is 4.74 Å². The van der Waals surface area contributed by atoms with E-state index in [2.05, 4.69) is 25.9 Å². The molecule has 4 nitrogen and oxygen atoms in total. The van der Waals surface area contributed by atoms with Gasteiger partial charge in [0.05, 0.1) is 10.6 Å². The van der Waals surface area contributed by atoms with Crippen LogP contribution in [0.3, 0.4) is 0 Å². The quantitative estimate of drug-likeness (QED) is 0.846. The molecule has 0 amide bonds. The highest BCUT2D eigenvalue weighted by Crippen LogP contribution is 2.21. The minimum Gasteiger partial charge on any atom is -0.474 e. The molecule has 15 heavy (non-hydrogen) atoms. The van der Waals surface area contributed by atoms with Crippen molar-refractivity contribution < 1.29 is 9.47 Å². The largest absolute Gasteiger partial charge is 0.474 e. The standard InChI is InChI=1S/C10H13BrN2O2/c11-9-5-12-7-13-10(9)15-6-8-3-1-2-4-14-8/h5,7-8H,1-4,6H2. The first-order chi connectivity index (χ1) is 7.36. The molecule has 1 saturated heterocycles. The minimum absolute atomic E-state index is 0.209. The van der Waals surface area contributed by atoms with E-state index in [1.165, 1.54) is 12.7 Å². The van der Waals surface area contributed by atoms with E-state index in [1.807, 2.05) is 0 Å². The first-order valence-electron chi connectivity index (χ1n) is 5.06. The van der Waals surface area contributed by atoms with Crippen LogP contribution in [0.4, 0.5) is 0 Å². The summed E-state index contributed by atoms with van der Waals surface area (Å²) in [4.78, 5) is 7.90. The Hall–Kier alpha value is -0.680. The Labute approximate surface area is 97.1 Å². The second-order valence-electron chi connectivity index (χ2n) is 3.48. The third-order valence-corrected chi connectivity index (χ3v) is 2.86. The van der Waals surface area contributed by atoms with Crippen LogP contribution in [0.25, 0.3) is 0 Å². The summed E-state index contributed by atoms with van der Waals surface area (Å²) in [7, 11) is 0. The number of halogens is 1. The fourth-order valence-corrected chi connectivity index (χ4v) is 1.85. The topological polar surface area (TPSA) is 44.2 Å². The third kappa shape index (κ3) is 3.14. The summed E-state index contributed by atoms with van der Waals surface area (Å²) in [6.45, 7) is 1.41. The molecule has 0 aromatic carbocycles. The fraction of sp³-hybridized carbons (Fsp3) is 0.600. The summed E-state index contributed by atoms with van der Waals surface area (Å²) in [5.74, 6) is 0.583. The molecule has 2 rings (SSSR count). The SMILES string of the molecule is Brc1cncnc1OCC1CCCCO1. The number of nitrogens with zero attached hydrogens (tertiary/aromatic N) is 2. The monoisotopic (exact) mass is 272 g/mol. The lowest BCUT2D eigenvalue weighted by Gasteiger charge is -2.22. The van der Waals surface area contributed by atoms with Gasteiger partial charge in [-0.2, -0.15) is 0 Å². The summed E-state index contributed by atoms with van der Waals surface area (Å²) in [6, 6.07) is 0. The molecule has 0 saturated carbocycles. The van der Waals surface area contributed by atoms with Gasteiger partial charge in [0.15, 0.2) is 0 Å². The van der Waals surface area contributed by atoms with Gasteiger partial charge in [0, 0.05) is 12.8 Å². The van der Waals surface area contributed by atoms with Gasteiger partial charge >= 0.3 is 0 Å². The molecule has 1 unspecified atom stereocenters. The molecule has 1 atom stereocenters. The third-order valence-electron chi connectivity index (χ3n) is 2.31. The smallest absolute Gasteiger partial charge is 0.231 e. The van der Waals surface area contributed by atoms with Crippen molar-refractivity contribution in [3.05, 3.63) is 17.0 Å². The molecule has 0 radical (unpaired) electrons. The maximum atomic E-state index is 5.56. The molecule has 1 aromatic rings. The molecule has 5 heteroatoms. The van der Waals surface area contributed by atoms with E-state index in [9.17, 15) is 0 Å². The van der Waals surface area contributed by atoms with Crippen molar-refractivity contribution in [3.63, 3.8) is 0 Å². The van der Waals surface area contributed by atoms with Crippen LogP contribution in [0.5, 0.6) is 5.88 Å². The number of hydrogen-bond acceptors (Lipinski definition) is 4. The van der Waals surface area contributed by atoms with E-state index in [0.717, 1.165) is 23.9 Å². The Balaban J connectivity index is 1.84. The van der Waals surface area contributed by atoms with Crippen LogP contribution >= 0.6 is 15.9 Å². The van der Waals surface area contributed by atoms with Crippen molar-refractivity contribution in [1.82, 2.24) is 9.97 Å². The van der Waals surface area contributed by atoms with Crippen molar-refractivity contribution in [2.45, 2.75) is 25.4 Å². The van der Waals surface area contributed by atoms with E-state index >= 15 is 0 Å². The van der Waals surface area contributed by atoms with Crippen molar-refractivity contribution in [3.8, 4) is 5.88 Å². The first-order valence-corrected chi connectivity index (χ1v) is 5.85. The van der Waals surface area contributed by atoms with E-state index in [1.54, 1.807) is 6.20 Å². The average molecular weight is 273 g/mol. The zero-order valence-electron chi connectivity index (χ0n) is 8.36. The van der Waals surface area contributed by atoms with Crippen molar-refractivity contribution >= 4 is 15.9 Å². The number of rotatable bonds is 3. The lowest BCUT2D eigenvalue weighted by atomic mass is 10.1. The normalized spacial score (nSPS) is 21.3. The van der Waals surface area contributed by atoms with Gasteiger partial charge in [0.2, 0.25) is 5.88 Å². The first kappa shape index (κ1) is 10.8. The second-order valence-corrected chi connectivity index (χ2v) is 4.33. The second kappa shape index (κ2) is 5.42. The Morgan fingerprint density at radius 1 is 1.53 bits per heavy atom. The van der Waals surface area contributed by atoms with Crippen molar-refractivity contribution in [1.29, 1.82) is 0 Å². The van der Waals surface area contributed by atoms with Gasteiger partial charge in [-0.1, -0.05) is 0 Å². The van der Waals surface area contributed by atoms with E-state index < -0.39 is 0 Å². The van der Waals surface area contributed by atoms with Crippen LogP contribution in [-0.2, 0) is 4.74 Å². The summed E-state index contributed by atoms with van der Waals surface area (Å²) >= 11 is 3.33. The van der Waals surface area contributed by atoms with Crippen LogP contribution in [0.1, 0.15) is 19.3 Å². The molecular formula is C10H13BrN2O2. The highest BCUT2D eigenvalue weighted by molar-refractivity contribution is 9.10. The van der Waals surface area contributed by atoms with E-state index in [4.69, 9.17) is 9.47 Å². The Morgan fingerprint density at radius 2 is 2.47 bits per heavy atom. The number of ether oxygens (including phenoxy) is 2. The maximum absolute atomic E-state index is 5.56. The molecule has 0 aliphatic carbocycles. The Morgan fingerprint density at radius 3 is 3.20 bits per heavy atom. The zero-order valence-corrected chi connectivity index (χ0v) is 9.94. The lowest BCUT2D eigenvalue weighted by molar-refractivity contribution is -0.0121. The highest BCUT2D eigenvalue weighted by atomic mass is 79.9. The summed E-state index contributed by atoms with van der Waals surface area (Å²) in [6.07, 6.45) is 6.81. The molecule has 1 aliphatic heterocycles. The average Bonchev–Trinajstić information content (AvgIpc) is 2.29. The molecule has 1 aromatic heterocycles. The molecule has 0 spiro atoms. The molecule has 1 aliphatic rings. The fourth-order valence-electron chi connectivity index (χ4n) is 1.52. The predicted molar refractivity (Wildman–Crippen MR) is 58.8 cm³/mol. The van der Waals surface area contributed by atoms with Gasteiger partial charge < -0.3 is 9.47 Å². The minimum atomic E-state index is 0.209. The van der Waals surface area contributed by atoms with Crippen molar-refractivity contribution in [2.75, 3.05) is 13.2 Å². The predicted octanol–water partition coefficient (Wildman–Crippen LogP) is 2.19. The van der Waals surface area contributed by atoms with E-state index in [-0.39, 0.29) is 6.10 Å². The van der Waals surface area contributed by atoms with Crippen molar-refractivity contribution in [2.24, 2.45) is 0 Å². The maximum Gasteiger partial charge on any atom is 0.231 e. The number of aromatic nitrogens is 2. The summed E-state index contributed by atoms with van der Waals surface area (Å²) < 4.78 is 11.9. The van der Waals surface area contributed by atoms with Crippen LogP contribution in [0.2, 0.25) is 0 Å². The lowest BCUT2D eigenvalue weighted by Crippen LogP contribution is -2.26.